The van der Waals surface area contributed by atoms with Gasteiger partial charge in [0.1, 0.15) is 29.7 Å². The molecule has 8 rings (SSSR count). The summed E-state index contributed by atoms with van der Waals surface area (Å²) in [6, 6.07) is 39.2. The third-order valence-corrected chi connectivity index (χ3v) is 11.7. The average Bonchev–Trinajstić information content (AvgIpc) is 3.81. The van der Waals surface area contributed by atoms with Crippen molar-refractivity contribution in [2.75, 3.05) is 18.6 Å². The van der Waals surface area contributed by atoms with Crippen LogP contribution in [-0.4, -0.2) is 59.6 Å². The quantitative estimate of drug-likeness (QED) is 0.112. The summed E-state index contributed by atoms with van der Waals surface area (Å²) in [5, 5.41) is 17.7. The zero-order valence-corrected chi connectivity index (χ0v) is 30.6. The average molecular weight is 747 g/mol. The Kier molecular flexibility index (Phi) is 9.34. The van der Waals surface area contributed by atoms with E-state index in [2.05, 4.69) is 18.2 Å². The van der Waals surface area contributed by atoms with Crippen molar-refractivity contribution in [2.24, 2.45) is 0 Å². The van der Waals surface area contributed by atoms with E-state index in [1.807, 2.05) is 84.9 Å². The van der Waals surface area contributed by atoms with Crippen LogP contribution in [-0.2, 0) is 26.0 Å². The van der Waals surface area contributed by atoms with Crippen molar-refractivity contribution >= 4 is 44.1 Å². The van der Waals surface area contributed by atoms with Gasteiger partial charge in [0.15, 0.2) is 9.84 Å². The summed E-state index contributed by atoms with van der Waals surface area (Å²) in [6.07, 6.45) is 3.51. The molecule has 0 saturated carbocycles. The maximum Gasteiger partial charge on any atom is 0.272 e. The standard InChI is InChI=1S/C44H34N4O6S/c1-53-36-18-14-30(15-19-36)41-39(43(49)48(44(50)40(41)25-45)35-22-23-55(51,52)28-35)24-33-26-47(34-11-3-2-4-12-34)46-42(33)31-16-20-37(21-17-31)54-27-32-10-7-9-29-8-5-6-13-38(29)32/h2-21,24,26,35H,22-23,27-28H2,1H3/b39-24-. The maximum atomic E-state index is 14.6. The first-order chi connectivity index (χ1) is 26.7. The molecule has 10 nitrogen and oxygen atoms in total. The van der Waals surface area contributed by atoms with Gasteiger partial charge in [-0.2, -0.15) is 10.4 Å². The Morgan fingerprint density at radius 1 is 0.836 bits per heavy atom. The fourth-order valence-electron chi connectivity index (χ4n) is 7.17. The van der Waals surface area contributed by atoms with Gasteiger partial charge in [0, 0.05) is 22.9 Å². The molecule has 11 heteroatoms. The van der Waals surface area contributed by atoms with E-state index in [-0.39, 0.29) is 34.6 Å². The van der Waals surface area contributed by atoms with Crippen molar-refractivity contribution in [3.05, 3.63) is 155 Å². The molecule has 1 fully saturated rings. The molecule has 5 aromatic carbocycles. The summed E-state index contributed by atoms with van der Waals surface area (Å²) in [7, 11) is -1.95. The largest absolute Gasteiger partial charge is 0.497 e. The van der Waals surface area contributed by atoms with E-state index >= 15 is 0 Å². The Hall–Kier alpha value is -6.77. The lowest BCUT2D eigenvalue weighted by Crippen LogP contribution is -2.49. The summed E-state index contributed by atoms with van der Waals surface area (Å²) in [5.41, 5.74) is 4.04. The Morgan fingerprint density at radius 2 is 1.53 bits per heavy atom. The first-order valence-electron chi connectivity index (χ1n) is 17.7. The van der Waals surface area contributed by atoms with Crippen molar-refractivity contribution in [3.63, 3.8) is 0 Å². The molecule has 3 heterocycles. The second-order valence-corrected chi connectivity index (χ2v) is 15.6. The predicted molar refractivity (Wildman–Crippen MR) is 210 cm³/mol. The molecule has 0 spiro atoms. The molecule has 55 heavy (non-hydrogen) atoms. The molecule has 272 valence electrons. The lowest BCUT2D eigenvalue weighted by atomic mass is 9.86. The zero-order chi connectivity index (χ0) is 38.1. The number of aromatic nitrogens is 2. The van der Waals surface area contributed by atoms with E-state index in [1.165, 1.54) is 7.11 Å². The summed E-state index contributed by atoms with van der Waals surface area (Å²) < 4.78 is 38.3. The highest BCUT2D eigenvalue weighted by Gasteiger charge is 2.45. The molecular weight excluding hydrogens is 713 g/mol. The molecule has 0 radical (unpaired) electrons. The highest BCUT2D eigenvalue weighted by atomic mass is 32.2. The molecule has 0 N–H and O–H groups in total. The van der Waals surface area contributed by atoms with Gasteiger partial charge in [-0.05, 0) is 82.9 Å². The number of imide groups is 1. The highest BCUT2D eigenvalue weighted by Crippen LogP contribution is 2.39. The third-order valence-electron chi connectivity index (χ3n) is 9.93. The topological polar surface area (TPSA) is 132 Å². The number of para-hydroxylation sites is 1. The van der Waals surface area contributed by atoms with Crippen molar-refractivity contribution in [3.8, 4) is 34.5 Å². The van der Waals surface area contributed by atoms with E-state index in [0.717, 1.165) is 32.5 Å². The fourth-order valence-corrected chi connectivity index (χ4v) is 8.87. The summed E-state index contributed by atoms with van der Waals surface area (Å²) in [5.74, 6) is -0.813. The third kappa shape index (κ3) is 6.91. The van der Waals surface area contributed by atoms with Crippen LogP contribution in [0.2, 0.25) is 0 Å². The van der Waals surface area contributed by atoms with Crippen LogP contribution in [0.4, 0.5) is 0 Å². The molecule has 2 aliphatic rings. The summed E-state index contributed by atoms with van der Waals surface area (Å²) >= 11 is 0. The number of fused-ring (bicyclic) bond motifs is 1. The van der Waals surface area contributed by atoms with Crippen LogP contribution < -0.4 is 9.47 Å². The van der Waals surface area contributed by atoms with Crippen LogP contribution in [0, 0.1) is 11.3 Å². The minimum Gasteiger partial charge on any atom is -0.497 e. The van der Waals surface area contributed by atoms with Gasteiger partial charge in [0.25, 0.3) is 11.8 Å². The number of carbonyl (C=O) groups is 2. The second kappa shape index (κ2) is 14.6. The van der Waals surface area contributed by atoms with Crippen LogP contribution >= 0.6 is 0 Å². The van der Waals surface area contributed by atoms with E-state index in [9.17, 15) is 23.3 Å². The number of rotatable bonds is 9. The van der Waals surface area contributed by atoms with E-state index in [1.54, 1.807) is 41.2 Å². The van der Waals surface area contributed by atoms with Gasteiger partial charge < -0.3 is 9.47 Å². The number of amides is 2. The second-order valence-electron chi connectivity index (χ2n) is 13.3. The first kappa shape index (κ1) is 35.3. The predicted octanol–water partition coefficient (Wildman–Crippen LogP) is 7.20. The molecule has 1 aromatic heterocycles. The van der Waals surface area contributed by atoms with Crippen LogP contribution in [0.3, 0.4) is 0 Å². The Bertz CT molecular complexity index is 2670. The SMILES string of the molecule is COc1ccc(C2=C(C#N)C(=O)N(C3CCS(=O)(=O)C3)C(=O)/C2=C\c2cn(-c3ccccc3)nc2-c2ccc(OCc3cccc4ccccc34)cc2)cc1. The summed E-state index contributed by atoms with van der Waals surface area (Å²) in [6.45, 7) is 0.377. The van der Waals surface area contributed by atoms with Gasteiger partial charge in [0.2, 0.25) is 0 Å². The summed E-state index contributed by atoms with van der Waals surface area (Å²) in [4.78, 5) is 29.5. The first-order valence-corrected chi connectivity index (χ1v) is 19.5. The molecule has 0 aliphatic carbocycles. The van der Waals surface area contributed by atoms with Crippen molar-refractivity contribution in [2.45, 2.75) is 19.1 Å². The van der Waals surface area contributed by atoms with Crippen LogP contribution in [0.1, 0.15) is 23.1 Å². The minimum absolute atomic E-state index is 0.0644. The Balaban J connectivity index is 1.23. The maximum absolute atomic E-state index is 14.6. The van der Waals surface area contributed by atoms with Gasteiger partial charge in [-0.1, -0.05) is 72.8 Å². The molecule has 2 aliphatic heterocycles. The Morgan fingerprint density at radius 3 is 2.24 bits per heavy atom. The number of sulfone groups is 1. The number of ether oxygens (including phenoxy) is 2. The van der Waals surface area contributed by atoms with Crippen molar-refractivity contribution in [1.29, 1.82) is 5.26 Å². The van der Waals surface area contributed by atoms with Crippen molar-refractivity contribution < 1.29 is 27.5 Å². The number of nitriles is 1. The van der Waals surface area contributed by atoms with Gasteiger partial charge in [-0.3, -0.25) is 14.5 Å². The van der Waals surface area contributed by atoms with Crippen LogP contribution in [0.5, 0.6) is 11.5 Å². The number of benzene rings is 5. The van der Waals surface area contributed by atoms with Crippen LogP contribution in [0.15, 0.2) is 139 Å². The molecule has 1 saturated heterocycles. The van der Waals surface area contributed by atoms with E-state index in [4.69, 9.17) is 14.6 Å². The molecular formula is C44H34N4O6S. The van der Waals surface area contributed by atoms with E-state index < -0.39 is 27.7 Å². The number of hydrogen-bond acceptors (Lipinski definition) is 8. The van der Waals surface area contributed by atoms with Gasteiger partial charge in [-0.15, -0.1) is 0 Å². The molecule has 1 atom stereocenters. The lowest BCUT2D eigenvalue weighted by Gasteiger charge is -2.32. The molecule has 1 unspecified atom stereocenters. The van der Waals surface area contributed by atoms with Crippen molar-refractivity contribution in [1.82, 2.24) is 14.7 Å². The smallest absolute Gasteiger partial charge is 0.272 e. The number of nitrogens with zero attached hydrogens (tertiary/aromatic N) is 4. The lowest BCUT2D eigenvalue weighted by molar-refractivity contribution is -0.142. The zero-order valence-electron chi connectivity index (χ0n) is 29.8. The number of carbonyl (C=O) groups excluding carboxylic acids is 2. The van der Waals surface area contributed by atoms with Gasteiger partial charge in [-0.25, -0.2) is 13.1 Å². The Labute approximate surface area is 318 Å². The minimum atomic E-state index is -3.47. The number of hydrogen-bond donors (Lipinski definition) is 0. The van der Waals surface area contributed by atoms with Gasteiger partial charge >= 0.3 is 0 Å². The molecule has 6 aromatic rings. The normalized spacial score (nSPS) is 17.5. The fraction of sp³-hybridized carbons (Fsp3) is 0.136. The van der Waals surface area contributed by atoms with E-state index in [0.29, 0.717) is 34.9 Å². The van der Waals surface area contributed by atoms with Crippen LogP contribution in [0.25, 0.3) is 39.4 Å². The molecule has 0 bridgehead atoms. The number of methoxy groups -OCH3 is 1. The monoisotopic (exact) mass is 746 g/mol. The van der Waals surface area contributed by atoms with Gasteiger partial charge in [0.05, 0.1) is 41.6 Å². The highest BCUT2D eigenvalue weighted by molar-refractivity contribution is 7.91. The molecule has 2 amide bonds.